The number of rotatable bonds is 0. The van der Waals surface area contributed by atoms with Crippen molar-refractivity contribution in [1.29, 1.82) is 0 Å². The fraction of sp³-hybridized carbons (Fsp3) is 1.00. The lowest BCUT2D eigenvalue weighted by atomic mass is 10.2. The van der Waals surface area contributed by atoms with Gasteiger partial charge in [-0.05, 0) is 12.8 Å². The highest BCUT2D eigenvalue weighted by Crippen LogP contribution is 2.27. The van der Waals surface area contributed by atoms with Crippen LogP contribution in [0.5, 0.6) is 0 Å². The highest BCUT2D eigenvalue weighted by Gasteiger charge is 2.32. The SMILES string of the molecule is IN1CC2CCC(C1)O2. The second kappa shape index (κ2) is 2.36. The molecule has 2 aliphatic rings. The average molecular weight is 239 g/mol. The summed E-state index contributed by atoms with van der Waals surface area (Å²) in [7, 11) is 0. The normalized spacial score (nSPS) is 43.7. The van der Waals surface area contributed by atoms with Crippen LogP contribution < -0.4 is 0 Å². The van der Waals surface area contributed by atoms with Gasteiger partial charge in [-0.3, -0.25) is 0 Å². The van der Waals surface area contributed by atoms with Crippen molar-refractivity contribution in [2.75, 3.05) is 13.1 Å². The summed E-state index contributed by atoms with van der Waals surface area (Å²) in [5.41, 5.74) is 0. The second-order valence-electron chi connectivity index (χ2n) is 2.79. The Morgan fingerprint density at radius 1 is 1.22 bits per heavy atom. The third-order valence-corrected chi connectivity index (χ3v) is 2.79. The number of morpholine rings is 1. The van der Waals surface area contributed by atoms with E-state index < -0.39 is 0 Å². The van der Waals surface area contributed by atoms with Crippen molar-refractivity contribution in [2.24, 2.45) is 0 Å². The Morgan fingerprint density at radius 3 is 2.33 bits per heavy atom. The lowest BCUT2D eigenvalue weighted by molar-refractivity contribution is -0.00326. The molecule has 2 aliphatic heterocycles. The number of hydrogen-bond acceptors (Lipinski definition) is 2. The first-order valence-electron chi connectivity index (χ1n) is 3.41. The van der Waals surface area contributed by atoms with Crippen molar-refractivity contribution < 1.29 is 4.74 Å². The summed E-state index contributed by atoms with van der Waals surface area (Å²) in [6.07, 6.45) is 3.68. The summed E-state index contributed by atoms with van der Waals surface area (Å²) in [6, 6.07) is 0. The van der Waals surface area contributed by atoms with E-state index in [1.807, 2.05) is 0 Å². The van der Waals surface area contributed by atoms with Crippen molar-refractivity contribution >= 4 is 22.9 Å². The van der Waals surface area contributed by atoms with E-state index in [0.29, 0.717) is 12.2 Å². The van der Waals surface area contributed by atoms with Gasteiger partial charge in [-0.1, -0.05) is 0 Å². The van der Waals surface area contributed by atoms with Crippen LogP contribution in [0.1, 0.15) is 12.8 Å². The van der Waals surface area contributed by atoms with Gasteiger partial charge < -0.3 is 4.74 Å². The molecule has 3 heteroatoms. The summed E-state index contributed by atoms with van der Waals surface area (Å²) in [6.45, 7) is 2.27. The van der Waals surface area contributed by atoms with E-state index in [4.69, 9.17) is 4.74 Å². The second-order valence-corrected chi connectivity index (χ2v) is 4.15. The van der Waals surface area contributed by atoms with Crippen LogP contribution >= 0.6 is 22.9 Å². The first-order chi connectivity index (χ1) is 4.34. The third kappa shape index (κ3) is 1.23. The molecule has 2 saturated heterocycles. The molecular formula is C6H10INO. The quantitative estimate of drug-likeness (QED) is 0.465. The molecule has 2 fully saturated rings. The number of hydrogen-bond donors (Lipinski definition) is 0. The molecule has 0 aromatic carbocycles. The van der Waals surface area contributed by atoms with Gasteiger partial charge in [-0.15, -0.1) is 0 Å². The molecular weight excluding hydrogens is 229 g/mol. The van der Waals surface area contributed by atoms with Crippen LogP contribution in [0.4, 0.5) is 0 Å². The zero-order chi connectivity index (χ0) is 6.27. The predicted molar refractivity (Wildman–Crippen MR) is 43.5 cm³/mol. The first kappa shape index (κ1) is 6.37. The zero-order valence-corrected chi connectivity index (χ0v) is 7.37. The van der Waals surface area contributed by atoms with Crippen LogP contribution in [0.25, 0.3) is 0 Å². The van der Waals surface area contributed by atoms with Crippen molar-refractivity contribution in [3.8, 4) is 0 Å². The van der Waals surface area contributed by atoms with Gasteiger partial charge in [0.15, 0.2) is 0 Å². The lowest BCUT2D eigenvalue weighted by Gasteiger charge is -2.26. The summed E-state index contributed by atoms with van der Waals surface area (Å²) in [4.78, 5) is 0. The minimum atomic E-state index is 0.556. The third-order valence-electron chi connectivity index (χ3n) is 2.00. The van der Waals surface area contributed by atoms with Gasteiger partial charge >= 0.3 is 0 Å². The molecule has 0 radical (unpaired) electrons. The van der Waals surface area contributed by atoms with Gasteiger partial charge in [0.25, 0.3) is 0 Å². The van der Waals surface area contributed by atoms with E-state index in [-0.39, 0.29) is 0 Å². The Hall–Kier alpha value is 0.650. The van der Waals surface area contributed by atoms with E-state index in [1.54, 1.807) is 0 Å². The van der Waals surface area contributed by atoms with Crippen molar-refractivity contribution in [2.45, 2.75) is 25.0 Å². The highest BCUT2D eigenvalue weighted by atomic mass is 127. The molecule has 2 bridgehead atoms. The molecule has 0 aromatic rings. The predicted octanol–water partition coefficient (Wildman–Crippen LogP) is 1.20. The number of halogens is 1. The Morgan fingerprint density at radius 2 is 1.78 bits per heavy atom. The standard InChI is InChI=1S/C6H10INO/c7-8-3-5-1-2-6(4-8)9-5/h5-6H,1-4H2. The highest BCUT2D eigenvalue weighted by molar-refractivity contribution is 14.1. The summed E-state index contributed by atoms with van der Waals surface area (Å²) in [5.74, 6) is 0. The molecule has 52 valence electrons. The molecule has 0 amide bonds. The Balaban J connectivity index is 2.03. The largest absolute Gasteiger partial charge is 0.372 e. The van der Waals surface area contributed by atoms with Gasteiger partial charge in [0, 0.05) is 36.0 Å². The van der Waals surface area contributed by atoms with Gasteiger partial charge in [-0.2, -0.15) is 0 Å². The van der Waals surface area contributed by atoms with Crippen LogP contribution in [-0.2, 0) is 4.74 Å². The van der Waals surface area contributed by atoms with Crippen LogP contribution in [0.15, 0.2) is 0 Å². The van der Waals surface area contributed by atoms with Crippen LogP contribution in [-0.4, -0.2) is 28.4 Å². The van der Waals surface area contributed by atoms with Crippen molar-refractivity contribution in [3.05, 3.63) is 0 Å². The molecule has 2 unspecified atom stereocenters. The average Bonchev–Trinajstić information content (AvgIpc) is 2.11. The van der Waals surface area contributed by atoms with E-state index in [9.17, 15) is 0 Å². The topological polar surface area (TPSA) is 12.5 Å². The van der Waals surface area contributed by atoms with E-state index >= 15 is 0 Å². The van der Waals surface area contributed by atoms with Crippen LogP contribution in [0.2, 0.25) is 0 Å². The maximum absolute atomic E-state index is 5.62. The molecule has 9 heavy (non-hydrogen) atoms. The van der Waals surface area contributed by atoms with Crippen LogP contribution in [0, 0.1) is 0 Å². The monoisotopic (exact) mass is 239 g/mol. The molecule has 0 aliphatic carbocycles. The van der Waals surface area contributed by atoms with Gasteiger partial charge in [-0.25, -0.2) is 3.11 Å². The molecule has 2 nitrogen and oxygen atoms in total. The summed E-state index contributed by atoms with van der Waals surface area (Å²) >= 11 is 2.38. The summed E-state index contributed by atoms with van der Waals surface area (Å²) in [5, 5.41) is 0. The fourth-order valence-electron chi connectivity index (χ4n) is 1.57. The Kier molecular flexibility index (Phi) is 1.67. The molecule has 2 atom stereocenters. The van der Waals surface area contributed by atoms with Gasteiger partial charge in [0.2, 0.25) is 0 Å². The van der Waals surface area contributed by atoms with Crippen LogP contribution in [0.3, 0.4) is 0 Å². The minimum absolute atomic E-state index is 0.556. The maximum Gasteiger partial charge on any atom is 0.0715 e. The fourth-order valence-corrected chi connectivity index (χ4v) is 2.44. The number of nitrogens with zero attached hydrogens (tertiary/aromatic N) is 1. The van der Waals surface area contributed by atoms with E-state index in [0.717, 1.165) is 13.1 Å². The van der Waals surface area contributed by atoms with Gasteiger partial charge in [0.1, 0.15) is 0 Å². The zero-order valence-electron chi connectivity index (χ0n) is 5.22. The lowest BCUT2D eigenvalue weighted by Crippen LogP contribution is -2.36. The van der Waals surface area contributed by atoms with E-state index in [1.165, 1.54) is 12.8 Å². The molecule has 2 heterocycles. The summed E-state index contributed by atoms with van der Waals surface area (Å²) < 4.78 is 7.96. The Labute approximate surface area is 69.0 Å². The van der Waals surface area contributed by atoms with Crippen molar-refractivity contribution in [3.63, 3.8) is 0 Å². The molecule has 0 spiro atoms. The number of fused-ring (bicyclic) bond motifs is 2. The smallest absolute Gasteiger partial charge is 0.0715 e. The van der Waals surface area contributed by atoms with Gasteiger partial charge in [0.05, 0.1) is 12.2 Å². The molecule has 0 N–H and O–H groups in total. The minimum Gasteiger partial charge on any atom is -0.372 e. The molecule has 0 aromatic heterocycles. The first-order valence-corrected chi connectivity index (χ1v) is 4.37. The number of ether oxygens (including phenoxy) is 1. The Bertz CT molecular complexity index is 108. The van der Waals surface area contributed by atoms with E-state index in [2.05, 4.69) is 26.0 Å². The van der Waals surface area contributed by atoms with Crippen molar-refractivity contribution in [1.82, 2.24) is 3.11 Å². The molecule has 2 rings (SSSR count). The maximum atomic E-state index is 5.62. The molecule has 0 saturated carbocycles.